The number of aliphatic carboxylic acids is 1. The lowest BCUT2D eigenvalue weighted by Gasteiger charge is -2.20. The molecule has 0 rings (SSSR count). The van der Waals surface area contributed by atoms with Gasteiger partial charge in [0.25, 0.3) is 0 Å². The number of carbonyl (C=O) groups excluding carboxylic acids is 2. The van der Waals surface area contributed by atoms with Crippen LogP contribution in [-0.2, 0) is 37.5 Å². The minimum atomic E-state index is -4.72. The number of unbranched alkanes of at least 4 members (excludes halogenated alkanes) is 16. The van der Waals surface area contributed by atoms with E-state index in [2.05, 4.69) is 67.0 Å². The largest absolute Gasteiger partial charge is 0.480 e. The highest BCUT2D eigenvalue weighted by Gasteiger charge is 2.28. The van der Waals surface area contributed by atoms with E-state index in [0.29, 0.717) is 12.8 Å². The number of allylic oxidation sites excluding steroid dienone is 8. The Bertz CT molecular complexity index is 1110. The fraction of sp³-hybridized carbons (Fsp3) is 0.738. The smallest absolute Gasteiger partial charge is 0.472 e. The lowest BCUT2D eigenvalue weighted by molar-refractivity contribution is -0.161. The van der Waals surface area contributed by atoms with Crippen molar-refractivity contribution >= 4 is 25.7 Å². The van der Waals surface area contributed by atoms with Crippen LogP contribution >= 0.6 is 7.82 Å². The van der Waals surface area contributed by atoms with E-state index in [4.69, 9.17) is 24.8 Å². The number of esters is 2. The van der Waals surface area contributed by atoms with Crippen molar-refractivity contribution in [1.29, 1.82) is 0 Å². The number of phosphoric acid groups is 1. The van der Waals surface area contributed by atoms with E-state index >= 15 is 0 Å². The number of carbonyl (C=O) groups is 3. The molecule has 0 aliphatic heterocycles. The molecule has 3 atom stereocenters. The lowest BCUT2D eigenvalue weighted by atomic mass is 10.1. The zero-order valence-electron chi connectivity index (χ0n) is 33.6. The van der Waals surface area contributed by atoms with Crippen LogP contribution in [-0.4, -0.2) is 59.9 Å². The molecule has 4 N–H and O–H groups in total. The first-order valence-corrected chi connectivity index (χ1v) is 22.2. The summed E-state index contributed by atoms with van der Waals surface area (Å²) in [6, 6.07) is -1.53. The standard InChI is InChI=1S/C42H74NO10P/c1-3-5-7-9-11-13-15-17-19-21-23-25-27-29-31-33-40(44)50-35-38(36-51-54(48,49)52-37-39(43)42(46)47)53-41(45)34-32-30-28-26-24-22-20-18-16-14-12-10-8-6-4-2/h11-14,17-20,38-39H,3-10,15-16,21-37,43H2,1-2H3,(H,46,47)(H,48,49)/b13-11-,14-12-,19-17-,20-18-/t38-,39+/m1/s1. The van der Waals surface area contributed by atoms with Gasteiger partial charge in [0.2, 0.25) is 0 Å². The van der Waals surface area contributed by atoms with Crippen LogP contribution in [0.25, 0.3) is 0 Å². The molecule has 0 fully saturated rings. The van der Waals surface area contributed by atoms with Gasteiger partial charge in [0.15, 0.2) is 6.10 Å². The van der Waals surface area contributed by atoms with Crippen LogP contribution < -0.4 is 5.73 Å². The second-order valence-corrected chi connectivity index (χ2v) is 15.2. The first-order valence-electron chi connectivity index (χ1n) is 20.7. The van der Waals surface area contributed by atoms with E-state index in [1.165, 1.54) is 38.5 Å². The molecule has 0 spiro atoms. The molecule has 0 heterocycles. The topological polar surface area (TPSA) is 172 Å². The van der Waals surface area contributed by atoms with Crippen LogP contribution in [0.2, 0.25) is 0 Å². The highest BCUT2D eigenvalue weighted by Crippen LogP contribution is 2.43. The van der Waals surface area contributed by atoms with Gasteiger partial charge in [-0.05, 0) is 77.0 Å². The molecule has 312 valence electrons. The van der Waals surface area contributed by atoms with Gasteiger partial charge in [0.05, 0.1) is 13.2 Å². The SMILES string of the molecule is CCCCC/C=C\C/C=C\CCCCCCCC(=O)OC[C@H](COP(=O)(O)OC[C@H](N)C(=O)O)OC(=O)CCCCCCC/C=C\C/C=C\CCCCC. The quantitative estimate of drug-likeness (QED) is 0.0235. The Balaban J connectivity index is 4.45. The zero-order chi connectivity index (χ0) is 40.0. The number of carboxylic acids is 1. The number of carboxylic acid groups (broad SMARTS) is 1. The van der Waals surface area contributed by atoms with Crippen LogP contribution in [0.5, 0.6) is 0 Å². The Labute approximate surface area is 326 Å². The van der Waals surface area contributed by atoms with Gasteiger partial charge in [-0.3, -0.25) is 23.4 Å². The van der Waals surface area contributed by atoms with Gasteiger partial charge in [0, 0.05) is 12.8 Å². The molecule has 12 heteroatoms. The summed E-state index contributed by atoms with van der Waals surface area (Å²) in [6.45, 7) is 2.71. The summed E-state index contributed by atoms with van der Waals surface area (Å²) in [6.07, 6.45) is 40.3. The molecular weight excluding hydrogens is 709 g/mol. The van der Waals surface area contributed by atoms with E-state index in [9.17, 15) is 23.8 Å². The fourth-order valence-electron chi connectivity index (χ4n) is 5.24. The van der Waals surface area contributed by atoms with Crippen molar-refractivity contribution in [2.24, 2.45) is 5.73 Å². The van der Waals surface area contributed by atoms with E-state index < -0.39 is 51.1 Å². The second kappa shape index (κ2) is 37.4. The molecule has 0 aromatic rings. The minimum absolute atomic E-state index is 0.141. The van der Waals surface area contributed by atoms with Crippen molar-refractivity contribution in [1.82, 2.24) is 0 Å². The first kappa shape index (κ1) is 51.4. The van der Waals surface area contributed by atoms with Gasteiger partial charge in [0.1, 0.15) is 12.6 Å². The Morgan fingerprint density at radius 2 is 0.981 bits per heavy atom. The number of hydrogen-bond donors (Lipinski definition) is 3. The van der Waals surface area contributed by atoms with Crippen LogP contribution in [0.3, 0.4) is 0 Å². The van der Waals surface area contributed by atoms with Crippen molar-refractivity contribution in [3.05, 3.63) is 48.6 Å². The predicted octanol–water partition coefficient (Wildman–Crippen LogP) is 10.6. The summed E-state index contributed by atoms with van der Waals surface area (Å²) >= 11 is 0. The van der Waals surface area contributed by atoms with E-state index in [0.717, 1.165) is 89.9 Å². The number of ether oxygens (including phenoxy) is 2. The lowest BCUT2D eigenvalue weighted by Crippen LogP contribution is -2.34. The van der Waals surface area contributed by atoms with E-state index in [-0.39, 0.29) is 19.4 Å². The first-order chi connectivity index (χ1) is 26.1. The van der Waals surface area contributed by atoms with Gasteiger partial charge in [-0.25, -0.2) is 4.57 Å². The molecule has 0 radical (unpaired) electrons. The Kier molecular flexibility index (Phi) is 35.6. The molecule has 0 amide bonds. The summed E-state index contributed by atoms with van der Waals surface area (Å²) < 4.78 is 32.6. The van der Waals surface area contributed by atoms with Crippen LogP contribution in [0.15, 0.2) is 48.6 Å². The molecule has 54 heavy (non-hydrogen) atoms. The molecule has 0 bridgehead atoms. The number of phosphoric ester groups is 1. The number of nitrogens with two attached hydrogens (primary N) is 1. The molecule has 11 nitrogen and oxygen atoms in total. The maximum Gasteiger partial charge on any atom is 0.472 e. The maximum absolute atomic E-state index is 12.6. The molecule has 0 aromatic heterocycles. The molecular formula is C42H74NO10P. The third-order valence-electron chi connectivity index (χ3n) is 8.55. The molecule has 0 aromatic carbocycles. The van der Waals surface area contributed by atoms with Crippen molar-refractivity contribution < 1.29 is 47.5 Å². The zero-order valence-corrected chi connectivity index (χ0v) is 34.4. The monoisotopic (exact) mass is 784 g/mol. The summed E-state index contributed by atoms with van der Waals surface area (Å²) in [4.78, 5) is 45.9. The highest BCUT2D eigenvalue weighted by atomic mass is 31.2. The summed E-state index contributed by atoms with van der Waals surface area (Å²) in [5, 5.41) is 8.87. The Hall–Kier alpha value is -2.56. The highest BCUT2D eigenvalue weighted by molar-refractivity contribution is 7.47. The average Bonchev–Trinajstić information content (AvgIpc) is 3.14. The van der Waals surface area contributed by atoms with Crippen molar-refractivity contribution in [2.45, 2.75) is 180 Å². The molecule has 1 unspecified atom stereocenters. The summed E-state index contributed by atoms with van der Waals surface area (Å²) in [7, 11) is -4.72. The van der Waals surface area contributed by atoms with Gasteiger partial charge in [-0.15, -0.1) is 0 Å². The molecule has 0 saturated heterocycles. The van der Waals surface area contributed by atoms with Gasteiger partial charge in [-0.2, -0.15) is 0 Å². The summed E-state index contributed by atoms with van der Waals surface area (Å²) in [5.41, 5.74) is 5.32. The number of rotatable bonds is 38. The van der Waals surface area contributed by atoms with Gasteiger partial charge >= 0.3 is 25.7 Å². The normalized spacial score (nSPS) is 14.3. The Morgan fingerprint density at radius 1 is 0.574 bits per heavy atom. The third kappa shape index (κ3) is 36.4. The van der Waals surface area contributed by atoms with Crippen LogP contribution in [0.4, 0.5) is 0 Å². The minimum Gasteiger partial charge on any atom is -0.480 e. The van der Waals surface area contributed by atoms with Crippen molar-refractivity contribution in [3.63, 3.8) is 0 Å². The van der Waals surface area contributed by atoms with Crippen LogP contribution in [0, 0.1) is 0 Å². The van der Waals surface area contributed by atoms with Crippen LogP contribution in [0.1, 0.15) is 168 Å². The third-order valence-corrected chi connectivity index (χ3v) is 9.50. The van der Waals surface area contributed by atoms with E-state index in [1.807, 2.05) is 0 Å². The summed E-state index contributed by atoms with van der Waals surface area (Å²) in [5.74, 6) is -2.42. The number of hydrogen-bond acceptors (Lipinski definition) is 9. The molecule has 0 saturated carbocycles. The average molecular weight is 784 g/mol. The fourth-order valence-corrected chi connectivity index (χ4v) is 6.02. The molecule has 0 aliphatic carbocycles. The van der Waals surface area contributed by atoms with Gasteiger partial charge < -0.3 is 25.2 Å². The van der Waals surface area contributed by atoms with Crippen molar-refractivity contribution in [2.75, 3.05) is 19.8 Å². The molecule has 0 aliphatic rings. The van der Waals surface area contributed by atoms with Gasteiger partial charge in [-0.1, -0.05) is 127 Å². The van der Waals surface area contributed by atoms with E-state index in [1.54, 1.807) is 0 Å². The predicted molar refractivity (Wildman–Crippen MR) is 217 cm³/mol. The van der Waals surface area contributed by atoms with Crippen molar-refractivity contribution in [3.8, 4) is 0 Å². The second-order valence-electron chi connectivity index (χ2n) is 13.8. The Morgan fingerprint density at radius 3 is 1.44 bits per heavy atom. The maximum atomic E-state index is 12.6.